The first-order valence-electron chi connectivity index (χ1n) is 6.84. The summed E-state index contributed by atoms with van der Waals surface area (Å²) in [6.45, 7) is 0.813. The summed E-state index contributed by atoms with van der Waals surface area (Å²) in [4.78, 5) is 10.5. The quantitative estimate of drug-likeness (QED) is 0.424. The van der Waals surface area contributed by atoms with Gasteiger partial charge in [-0.3, -0.25) is 10.1 Å². The molecule has 0 N–H and O–H groups in total. The Morgan fingerprint density at radius 3 is 2.41 bits per heavy atom. The smallest absolute Gasteiger partial charge is 0.314 e. The van der Waals surface area contributed by atoms with Gasteiger partial charge in [-0.15, -0.1) is 0 Å². The Balaban J connectivity index is 1.82. The summed E-state index contributed by atoms with van der Waals surface area (Å²) in [5.74, 6) is 1.44. The molecule has 6 nitrogen and oxygen atoms in total. The number of rotatable bonds is 8. The molecule has 0 fully saturated rings. The number of hydrogen-bond donors (Lipinski definition) is 0. The monoisotopic (exact) mass is 303 g/mol. The van der Waals surface area contributed by atoms with Crippen LogP contribution >= 0.6 is 0 Å². The molecule has 2 rings (SSSR count). The highest BCUT2D eigenvalue weighted by molar-refractivity contribution is 5.50. The number of nitro benzene ring substituents is 1. The average Bonchev–Trinajstić information content (AvgIpc) is 2.55. The zero-order valence-corrected chi connectivity index (χ0v) is 12.2. The highest BCUT2D eigenvalue weighted by Crippen LogP contribution is 2.31. The minimum absolute atomic E-state index is 0.108. The first-order chi connectivity index (χ1) is 10.7. The van der Waals surface area contributed by atoms with E-state index >= 15 is 0 Å². The number of ether oxygens (including phenoxy) is 3. The third-order valence-electron chi connectivity index (χ3n) is 2.92. The molecule has 0 atom stereocenters. The predicted octanol–water partition coefficient (Wildman–Crippen LogP) is 3.45. The molecule has 2 aromatic carbocycles. The summed E-state index contributed by atoms with van der Waals surface area (Å²) >= 11 is 0. The van der Waals surface area contributed by atoms with E-state index in [1.54, 1.807) is 6.07 Å². The number of nitrogens with zero attached hydrogens (tertiary/aromatic N) is 1. The van der Waals surface area contributed by atoms with Crippen molar-refractivity contribution in [3.63, 3.8) is 0 Å². The van der Waals surface area contributed by atoms with Crippen LogP contribution < -0.4 is 14.2 Å². The van der Waals surface area contributed by atoms with E-state index in [-0.39, 0.29) is 11.4 Å². The first-order valence-corrected chi connectivity index (χ1v) is 6.84. The average molecular weight is 303 g/mol. The number of methoxy groups -OCH3 is 1. The summed E-state index contributed by atoms with van der Waals surface area (Å²) in [7, 11) is 1.46. The highest BCUT2D eigenvalue weighted by Gasteiger charge is 2.16. The second-order valence-corrected chi connectivity index (χ2v) is 4.45. The topological polar surface area (TPSA) is 70.8 Å². The molecule has 0 saturated carbocycles. The van der Waals surface area contributed by atoms with Crippen LogP contribution in [0, 0.1) is 10.1 Å². The summed E-state index contributed by atoms with van der Waals surface area (Å²) in [6, 6.07) is 14.0. The van der Waals surface area contributed by atoms with Crippen molar-refractivity contribution < 1.29 is 19.1 Å². The molecule has 0 spiro atoms. The Morgan fingerprint density at radius 2 is 1.73 bits per heavy atom. The van der Waals surface area contributed by atoms with Gasteiger partial charge in [-0.05, 0) is 24.3 Å². The fraction of sp³-hybridized carbons (Fsp3) is 0.250. The van der Waals surface area contributed by atoms with Crippen LogP contribution in [0.4, 0.5) is 5.69 Å². The number of hydrogen-bond acceptors (Lipinski definition) is 5. The van der Waals surface area contributed by atoms with Crippen LogP contribution in [0.1, 0.15) is 6.42 Å². The molecule has 0 radical (unpaired) electrons. The zero-order valence-electron chi connectivity index (χ0n) is 12.2. The molecular weight excluding hydrogens is 286 g/mol. The van der Waals surface area contributed by atoms with Gasteiger partial charge >= 0.3 is 5.69 Å². The van der Waals surface area contributed by atoms with Crippen LogP contribution in [0.2, 0.25) is 0 Å². The van der Waals surface area contributed by atoms with Crippen molar-refractivity contribution in [2.24, 2.45) is 0 Å². The molecule has 0 bridgehead atoms. The molecule has 0 amide bonds. The zero-order chi connectivity index (χ0) is 15.8. The Morgan fingerprint density at radius 1 is 1.00 bits per heavy atom. The van der Waals surface area contributed by atoms with Crippen molar-refractivity contribution in [1.29, 1.82) is 0 Å². The van der Waals surface area contributed by atoms with E-state index in [0.717, 1.165) is 5.75 Å². The molecular formula is C16H17NO5. The highest BCUT2D eigenvalue weighted by atomic mass is 16.6. The molecule has 2 aromatic rings. The van der Waals surface area contributed by atoms with Crippen LogP contribution in [-0.4, -0.2) is 25.2 Å². The van der Waals surface area contributed by atoms with Crippen LogP contribution in [0.5, 0.6) is 17.2 Å². The minimum Gasteiger partial charge on any atom is -0.496 e. The largest absolute Gasteiger partial charge is 0.496 e. The lowest BCUT2D eigenvalue weighted by molar-refractivity contribution is -0.385. The molecule has 0 aromatic heterocycles. The maximum absolute atomic E-state index is 11.0. The summed E-state index contributed by atoms with van der Waals surface area (Å²) < 4.78 is 16.0. The van der Waals surface area contributed by atoms with Crippen LogP contribution in [0.25, 0.3) is 0 Å². The summed E-state index contributed by atoms with van der Waals surface area (Å²) in [6.07, 6.45) is 0.623. The van der Waals surface area contributed by atoms with Crippen molar-refractivity contribution in [2.75, 3.05) is 20.3 Å². The molecule has 0 aliphatic carbocycles. The predicted molar refractivity (Wildman–Crippen MR) is 81.7 cm³/mol. The molecule has 22 heavy (non-hydrogen) atoms. The van der Waals surface area contributed by atoms with Gasteiger partial charge in [-0.25, -0.2) is 0 Å². The molecule has 0 saturated heterocycles. The molecule has 0 heterocycles. The fourth-order valence-corrected chi connectivity index (χ4v) is 1.84. The molecule has 0 aliphatic rings. The second kappa shape index (κ2) is 7.87. The molecule has 0 aliphatic heterocycles. The van der Waals surface area contributed by atoms with Gasteiger partial charge in [-0.1, -0.05) is 18.2 Å². The van der Waals surface area contributed by atoms with Crippen LogP contribution in [-0.2, 0) is 0 Å². The van der Waals surface area contributed by atoms with Gasteiger partial charge in [0.15, 0.2) is 5.75 Å². The normalized spacial score (nSPS) is 10.0. The Labute approximate surface area is 128 Å². The summed E-state index contributed by atoms with van der Waals surface area (Å²) in [5, 5.41) is 11.0. The third kappa shape index (κ3) is 4.37. The van der Waals surface area contributed by atoms with E-state index in [4.69, 9.17) is 14.2 Å². The lowest BCUT2D eigenvalue weighted by atomic mass is 10.3. The van der Waals surface area contributed by atoms with Gasteiger partial charge in [0.2, 0.25) is 0 Å². The van der Waals surface area contributed by atoms with E-state index in [1.165, 1.54) is 19.2 Å². The molecule has 0 unspecified atom stereocenters. The van der Waals surface area contributed by atoms with Crippen molar-refractivity contribution >= 4 is 5.69 Å². The van der Waals surface area contributed by atoms with Crippen LogP contribution in [0.15, 0.2) is 48.5 Å². The van der Waals surface area contributed by atoms with E-state index in [1.807, 2.05) is 30.3 Å². The van der Waals surface area contributed by atoms with Gasteiger partial charge in [0.05, 0.1) is 31.3 Å². The maximum atomic E-state index is 11.0. The Hall–Kier alpha value is -2.76. The van der Waals surface area contributed by atoms with Gasteiger partial charge in [0, 0.05) is 6.42 Å². The fourth-order valence-electron chi connectivity index (χ4n) is 1.84. The van der Waals surface area contributed by atoms with Crippen molar-refractivity contribution in [1.82, 2.24) is 0 Å². The SMILES string of the molecule is COc1ccc(OCCCOc2ccccc2)c([N+](=O)[O-])c1. The van der Waals surface area contributed by atoms with E-state index < -0.39 is 4.92 Å². The third-order valence-corrected chi connectivity index (χ3v) is 2.92. The van der Waals surface area contributed by atoms with Gasteiger partial charge in [0.25, 0.3) is 0 Å². The van der Waals surface area contributed by atoms with E-state index in [2.05, 4.69) is 0 Å². The lowest BCUT2D eigenvalue weighted by Crippen LogP contribution is -2.06. The van der Waals surface area contributed by atoms with Gasteiger partial charge < -0.3 is 14.2 Å². The van der Waals surface area contributed by atoms with E-state index in [0.29, 0.717) is 25.4 Å². The molecule has 116 valence electrons. The van der Waals surface area contributed by atoms with Crippen molar-refractivity contribution in [3.05, 3.63) is 58.6 Å². The summed E-state index contributed by atoms with van der Waals surface area (Å²) in [5.41, 5.74) is -0.108. The number of nitro groups is 1. The second-order valence-electron chi connectivity index (χ2n) is 4.45. The van der Waals surface area contributed by atoms with E-state index in [9.17, 15) is 10.1 Å². The number of benzene rings is 2. The van der Waals surface area contributed by atoms with Gasteiger partial charge in [-0.2, -0.15) is 0 Å². The Kier molecular flexibility index (Phi) is 5.59. The van der Waals surface area contributed by atoms with Gasteiger partial charge in [0.1, 0.15) is 11.5 Å². The number of para-hydroxylation sites is 1. The molecule has 6 heteroatoms. The van der Waals surface area contributed by atoms with Crippen molar-refractivity contribution in [3.8, 4) is 17.2 Å². The van der Waals surface area contributed by atoms with Crippen LogP contribution in [0.3, 0.4) is 0 Å². The maximum Gasteiger partial charge on any atom is 0.314 e. The standard InChI is InChI=1S/C16H17NO5/c1-20-14-8-9-16(15(12-14)17(18)19)22-11-5-10-21-13-6-3-2-4-7-13/h2-4,6-9,12H,5,10-11H2,1H3. The minimum atomic E-state index is -0.488. The lowest BCUT2D eigenvalue weighted by Gasteiger charge is -2.09. The first kappa shape index (κ1) is 15.6. The Bertz CT molecular complexity index is 615. The van der Waals surface area contributed by atoms with Crippen molar-refractivity contribution in [2.45, 2.75) is 6.42 Å².